The number of primary sulfonamides is 1. The van der Waals surface area contributed by atoms with Crippen molar-refractivity contribution in [2.45, 2.75) is 30.6 Å². The summed E-state index contributed by atoms with van der Waals surface area (Å²) in [5.41, 5.74) is 0. The molecule has 9 heteroatoms. The van der Waals surface area contributed by atoms with E-state index in [0.717, 1.165) is 16.4 Å². The highest BCUT2D eigenvalue weighted by Gasteiger charge is 2.27. The minimum absolute atomic E-state index is 0.0754. The van der Waals surface area contributed by atoms with Crippen LogP contribution >= 0.6 is 0 Å². The molecule has 1 aromatic carbocycles. The first-order valence-electron chi connectivity index (χ1n) is 6.32. The molecule has 1 rings (SSSR count). The van der Waals surface area contributed by atoms with Gasteiger partial charge in [-0.3, -0.25) is 0 Å². The number of benzene rings is 1. The highest BCUT2D eigenvalue weighted by Crippen LogP contribution is 2.22. The minimum Gasteiger partial charge on any atom is -0.225 e. The van der Waals surface area contributed by atoms with Crippen molar-refractivity contribution in [3.05, 3.63) is 24.0 Å². The standard InChI is InChI=1S/C12H19FN2O4S2/c1-4-15(8-9(2)3)21(18,19)12-6-5-10(7-11(12)13)20(14,16)17/h5-7,9H,4,8H2,1-3H3,(H2,14,16,17). The lowest BCUT2D eigenvalue weighted by atomic mass is 10.2. The molecule has 0 amide bonds. The van der Waals surface area contributed by atoms with Gasteiger partial charge in [-0.2, -0.15) is 4.31 Å². The van der Waals surface area contributed by atoms with Gasteiger partial charge in [0.2, 0.25) is 20.0 Å². The van der Waals surface area contributed by atoms with E-state index in [0.29, 0.717) is 6.07 Å². The van der Waals surface area contributed by atoms with Crippen LogP contribution in [0.4, 0.5) is 4.39 Å². The van der Waals surface area contributed by atoms with Gasteiger partial charge in [0.15, 0.2) is 0 Å². The first-order valence-corrected chi connectivity index (χ1v) is 9.31. The quantitative estimate of drug-likeness (QED) is 0.841. The van der Waals surface area contributed by atoms with Gasteiger partial charge in [-0.1, -0.05) is 20.8 Å². The van der Waals surface area contributed by atoms with Crippen molar-refractivity contribution in [2.75, 3.05) is 13.1 Å². The summed E-state index contributed by atoms with van der Waals surface area (Å²) in [5.74, 6) is -1.06. The van der Waals surface area contributed by atoms with Crippen LogP contribution < -0.4 is 5.14 Å². The molecule has 0 spiro atoms. The second kappa shape index (κ2) is 6.39. The van der Waals surface area contributed by atoms with Crippen LogP contribution in [-0.2, 0) is 20.0 Å². The SMILES string of the molecule is CCN(CC(C)C)S(=O)(=O)c1ccc(S(N)(=O)=O)cc1F. The molecular weight excluding hydrogens is 319 g/mol. The van der Waals surface area contributed by atoms with Gasteiger partial charge in [0.05, 0.1) is 4.90 Å². The predicted octanol–water partition coefficient (Wildman–Crippen LogP) is 1.14. The molecule has 0 aliphatic rings. The summed E-state index contributed by atoms with van der Waals surface area (Å²) in [6.07, 6.45) is 0. The number of sulfonamides is 2. The van der Waals surface area contributed by atoms with Gasteiger partial charge in [0, 0.05) is 13.1 Å². The Bertz CT molecular complexity index is 715. The maximum atomic E-state index is 14.0. The van der Waals surface area contributed by atoms with E-state index < -0.39 is 35.7 Å². The van der Waals surface area contributed by atoms with Gasteiger partial charge in [0.1, 0.15) is 10.7 Å². The van der Waals surface area contributed by atoms with Gasteiger partial charge in [-0.15, -0.1) is 0 Å². The fraction of sp³-hybridized carbons (Fsp3) is 0.500. The van der Waals surface area contributed by atoms with Gasteiger partial charge >= 0.3 is 0 Å². The van der Waals surface area contributed by atoms with E-state index >= 15 is 0 Å². The van der Waals surface area contributed by atoms with Gasteiger partial charge in [0.25, 0.3) is 0 Å². The molecule has 0 fully saturated rings. The Morgan fingerprint density at radius 2 is 1.81 bits per heavy atom. The van der Waals surface area contributed by atoms with Gasteiger partial charge in [-0.05, 0) is 24.1 Å². The van der Waals surface area contributed by atoms with Crippen LogP contribution in [0.1, 0.15) is 20.8 Å². The Balaban J connectivity index is 3.32. The summed E-state index contributed by atoms with van der Waals surface area (Å²) in [6, 6.07) is 2.52. The maximum Gasteiger partial charge on any atom is 0.245 e. The molecule has 0 aliphatic heterocycles. The van der Waals surface area contributed by atoms with E-state index in [-0.39, 0.29) is 19.0 Å². The smallest absolute Gasteiger partial charge is 0.225 e. The highest BCUT2D eigenvalue weighted by molar-refractivity contribution is 7.89. The Morgan fingerprint density at radius 1 is 1.24 bits per heavy atom. The number of rotatable bonds is 6. The van der Waals surface area contributed by atoms with Gasteiger partial charge < -0.3 is 0 Å². The Hall–Kier alpha value is -1.03. The van der Waals surface area contributed by atoms with Crippen molar-refractivity contribution in [3.63, 3.8) is 0 Å². The van der Waals surface area contributed by atoms with E-state index in [1.807, 2.05) is 13.8 Å². The van der Waals surface area contributed by atoms with E-state index in [2.05, 4.69) is 0 Å². The molecule has 120 valence electrons. The zero-order valence-electron chi connectivity index (χ0n) is 12.1. The fourth-order valence-corrected chi connectivity index (χ4v) is 3.99. The Labute approximate surface area is 124 Å². The number of halogens is 1. The summed E-state index contributed by atoms with van der Waals surface area (Å²) < 4.78 is 62.2. The molecular formula is C12H19FN2O4S2. The monoisotopic (exact) mass is 338 g/mol. The molecule has 0 radical (unpaired) electrons. The molecule has 0 heterocycles. The second-order valence-electron chi connectivity index (χ2n) is 4.99. The third kappa shape index (κ3) is 4.22. The number of hydrogen-bond acceptors (Lipinski definition) is 4. The zero-order chi connectivity index (χ0) is 16.4. The lowest BCUT2D eigenvalue weighted by Gasteiger charge is -2.22. The second-order valence-corrected chi connectivity index (χ2v) is 8.45. The van der Waals surface area contributed by atoms with Crippen LogP contribution in [0, 0.1) is 11.7 Å². The zero-order valence-corrected chi connectivity index (χ0v) is 13.7. The largest absolute Gasteiger partial charge is 0.245 e. The molecule has 0 saturated carbocycles. The first kappa shape index (κ1) is 18.0. The van der Waals surface area contributed by atoms with E-state index in [9.17, 15) is 21.2 Å². The molecule has 0 aromatic heterocycles. The van der Waals surface area contributed by atoms with E-state index in [4.69, 9.17) is 5.14 Å². The van der Waals surface area contributed by atoms with Crippen molar-refractivity contribution in [3.8, 4) is 0 Å². The van der Waals surface area contributed by atoms with Crippen molar-refractivity contribution in [1.29, 1.82) is 0 Å². The first-order chi connectivity index (χ1) is 9.50. The van der Waals surface area contributed by atoms with Crippen molar-refractivity contribution in [1.82, 2.24) is 4.31 Å². The van der Waals surface area contributed by atoms with E-state index in [1.54, 1.807) is 6.92 Å². The van der Waals surface area contributed by atoms with E-state index in [1.165, 1.54) is 0 Å². The highest BCUT2D eigenvalue weighted by atomic mass is 32.2. The number of nitrogens with zero attached hydrogens (tertiary/aromatic N) is 1. The molecule has 0 bridgehead atoms. The molecule has 21 heavy (non-hydrogen) atoms. The molecule has 0 unspecified atom stereocenters. The average Bonchev–Trinajstić information content (AvgIpc) is 2.33. The molecule has 2 N–H and O–H groups in total. The topological polar surface area (TPSA) is 97.5 Å². The van der Waals surface area contributed by atoms with Crippen molar-refractivity contribution < 1.29 is 21.2 Å². The number of hydrogen-bond donors (Lipinski definition) is 1. The summed E-state index contributed by atoms with van der Waals surface area (Å²) >= 11 is 0. The summed E-state index contributed by atoms with van der Waals surface area (Å²) in [7, 11) is -8.10. The normalized spacial score (nSPS) is 13.1. The Morgan fingerprint density at radius 3 is 2.19 bits per heavy atom. The summed E-state index contributed by atoms with van der Waals surface area (Å²) in [4.78, 5) is -1.02. The predicted molar refractivity (Wildman–Crippen MR) is 77.0 cm³/mol. The fourth-order valence-electron chi connectivity index (χ4n) is 1.81. The molecule has 1 aromatic rings. The Kier molecular flexibility index (Phi) is 5.48. The third-order valence-corrected chi connectivity index (χ3v) is 5.66. The third-order valence-electron chi connectivity index (χ3n) is 2.77. The number of nitrogens with two attached hydrogens (primary N) is 1. The minimum atomic E-state index is -4.08. The molecule has 6 nitrogen and oxygen atoms in total. The lowest BCUT2D eigenvalue weighted by Crippen LogP contribution is -2.34. The molecule has 0 saturated heterocycles. The summed E-state index contributed by atoms with van der Waals surface area (Å²) in [6.45, 7) is 5.78. The van der Waals surface area contributed by atoms with Crippen LogP contribution in [0.25, 0.3) is 0 Å². The van der Waals surface area contributed by atoms with Crippen molar-refractivity contribution in [2.24, 2.45) is 11.1 Å². The van der Waals surface area contributed by atoms with Crippen LogP contribution in [-0.4, -0.2) is 34.2 Å². The van der Waals surface area contributed by atoms with Crippen LogP contribution in [0.15, 0.2) is 28.0 Å². The molecule has 0 aliphatic carbocycles. The van der Waals surface area contributed by atoms with Crippen molar-refractivity contribution >= 4 is 20.0 Å². The summed E-state index contributed by atoms with van der Waals surface area (Å²) in [5, 5.41) is 4.88. The van der Waals surface area contributed by atoms with Crippen LogP contribution in [0.5, 0.6) is 0 Å². The van der Waals surface area contributed by atoms with Crippen LogP contribution in [0.2, 0.25) is 0 Å². The van der Waals surface area contributed by atoms with Crippen LogP contribution in [0.3, 0.4) is 0 Å². The lowest BCUT2D eigenvalue weighted by molar-refractivity contribution is 0.378. The molecule has 0 atom stereocenters. The maximum absolute atomic E-state index is 14.0. The van der Waals surface area contributed by atoms with Gasteiger partial charge in [-0.25, -0.2) is 26.4 Å². The average molecular weight is 338 g/mol.